The van der Waals surface area contributed by atoms with Crippen LogP contribution < -0.4 is 15.8 Å². The lowest BCUT2D eigenvalue weighted by atomic mass is 10.3. The first-order valence-corrected chi connectivity index (χ1v) is 8.38. The van der Waals surface area contributed by atoms with Crippen LogP contribution >= 0.6 is 11.3 Å². The summed E-state index contributed by atoms with van der Waals surface area (Å²) in [5.74, 6) is -0.447. The van der Waals surface area contributed by atoms with Gasteiger partial charge in [-0.05, 0) is 24.6 Å². The average molecular weight is 343 g/mol. The van der Waals surface area contributed by atoms with Crippen LogP contribution in [0.15, 0.2) is 46.3 Å². The maximum Gasteiger partial charge on any atom is 0.291 e. The van der Waals surface area contributed by atoms with Gasteiger partial charge in [-0.1, -0.05) is 30.4 Å². The van der Waals surface area contributed by atoms with Gasteiger partial charge in [-0.3, -0.25) is 9.59 Å². The van der Waals surface area contributed by atoms with Gasteiger partial charge in [0.1, 0.15) is 0 Å². The summed E-state index contributed by atoms with van der Waals surface area (Å²) in [4.78, 5) is 24.5. The third kappa shape index (κ3) is 3.13. The number of hydrogen-bond acceptors (Lipinski definition) is 5. The Morgan fingerprint density at radius 1 is 1.29 bits per heavy atom. The molecule has 0 aliphatic carbocycles. The fourth-order valence-electron chi connectivity index (χ4n) is 2.29. The molecule has 0 aliphatic rings. The second-order valence-electron chi connectivity index (χ2n) is 5.24. The van der Waals surface area contributed by atoms with E-state index in [1.54, 1.807) is 0 Å². The molecule has 1 amide bonds. The van der Waals surface area contributed by atoms with E-state index in [9.17, 15) is 9.59 Å². The van der Waals surface area contributed by atoms with Crippen molar-refractivity contribution >= 4 is 27.5 Å². The molecule has 0 atom stereocenters. The second-order valence-corrected chi connectivity index (χ2v) is 6.25. The zero-order chi connectivity index (χ0) is 17.1. The fourth-order valence-corrected chi connectivity index (χ4v) is 3.27. The summed E-state index contributed by atoms with van der Waals surface area (Å²) in [7, 11) is 1.89. The summed E-state index contributed by atoms with van der Waals surface area (Å²) in [5, 5.41) is 8.24. The lowest BCUT2D eigenvalue weighted by Crippen LogP contribution is -2.29. The number of rotatable bonds is 4. The van der Waals surface area contributed by atoms with E-state index in [0.29, 0.717) is 11.3 Å². The number of benzene rings is 1. The van der Waals surface area contributed by atoms with Crippen molar-refractivity contribution in [3.8, 4) is 0 Å². The number of amides is 1. The van der Waals surface area contributed by atoms with Crippen LogP contribution in [0.5, 0.6) is 0 Å². The van der Waals surface area contributed by atoms with Crippen LogP contribution in [-0.2, 0) is 13.6 Å². The summed E-state index contributed by atoms with van der Waals surface area (Å²) < 4.78 is 4.28. The Morgan fingerprint density at radius 2 is 2.08 bits per heavy atom. The van der Waals surface area contributed by atoms with E-state index < -0.39 is 5.91 Å². The minimum Gasteiger partial charge on any atom is -0.318 e. The summed E-state index contributed by atoms with van der Waals surface area (Å²) in [6.45, 7) is 2.42. The average Bonchev–Trinajstić information content (AvgIpc) is 2.91. The smallest absolute Gasteiger partial charge is 0.291 e. The van der Waals surface area contributed by atoms with E-state index in [4.69, 9.17) is 0 Å². The SMILES string of the molecule is CCCn1nc(C(=O)N/N=c2\sc3ccccc3n2C)ccc1=O. The monoisotopic (exact) mass is 343 g/mol. The maximum absolute atomic E-state index is 12.2. The van der Waals surface area contributed by atoms with E-state index in [2.05, 4.69) is 15.6 Å². The van der Waals surface area contributed by atoms with Crippen molar-refractivity contribution in [2.75, 3.05) is 0 Å². The van der Waals surface area contributed by atoms with E-state index in [1.165, 1.54) is 28.2 Å². The number of nitrogens with one attached hydrogen (secondary N) is 1. The molecule has 3 aromatic rings. The number of aryl methyl sites for hydroxylation is 2. The zero-order valence-corrected chi connectivity index (χ0v) is 14.2. The van der Waals surface area contributed by atoms with Crippen molar-refractivity contribution in [3.63, 3.8) is 0 Å². The number of carbonyl (C=O) groups is 1. The van der Waals surface area contributed by atoms with E-state index in [1.807, 2.05) is 42.8 Å². The molecule has 0 fully saturated rings. The molecule has 7 nitrogen and oxygen atoms in total. The molecule has 1 aromatic carbocycles. The second kappa shape index (κ2) is 6.79. The topological polar surface area (TPSA) is 81.3 Å². The molecule has 0 unspecified atom stereocenters. The van der Waals surface area contributed by atoms with Gasteiger partial charge in [0.15, 0.2) is 5.69 Å². The van der Waals surface area contributed by atoms with Crippen molar-refractivity contribution in [2.24, 2.45) is 12.1 Å². The highest BCUT2D eigenvalue weighted by molar-refractivity contribution is 7.16. The van der Waals surface area contributed by atoms with Gasteiger partial charge in [-0.2, -0.15) is 5.10 Å². The minimum absolute atomic E-state index is 0.163. The normalized spacial score (nSPS) is 11.8. The molecule has 3 rings (SSSR count). The Balaban J connectivity index is 1.88. The van der Waals surface area contributed by atoms with Crippen LogP contribution in [0.2, 0.25) is 0 Å². The lowest BCUT2D eigenvalue weighted by molar-refractivity contribution is 0.0945. The first-order chi connectivity index (χ1) is 11.6. The van der Waals surface area contributed by atoms with Crippen molar-refractivity contribution in [1.82, 2.24) is 19.8 Å². The summed E-state index contributed by atoms with van der Waals surface area (Å²) >= 11 is 1.48. The third-order valence-corrected chi connectivity index (χ3v) is 4.62. The summed E-state index contributed by atoms with van der Waals surface area (Å²) in [5.41, 5.74) is 3.49. The Morgan fingerprint density at radius 3 is 2.83 bits per heavy atom. The van der Waals surface area contributed by atoms with Gasteiger partial charge < -0.3 is 4.57 Å². The highest BCUT2D eigenvalue weighted by atomic mass is 32.1. The molecule has 8 heteroatoms. The number of para-hydroxylation sites is 1. The molecular formula is C16H17N5O2S. The maximum atomic E-state index is 12.2. The Hall–Kier alpha value is -2.74. The standard InChI is InChI=1S/C16H17N5O2S/c1-3-10-21-14(22)9-8-11(19-21)15(23)17-18-16-20(2)12-6-4-5-7-13(12)24-16/h4-9H,3,10H2,1-2H3,(H,17,23)/b18-16-. The lowest BCUT2D eigenvalue weighted by Gasteiger charge is -2.04. The van der Waals surface area contributed by atoms with E-state index in [0.717, 1.165) is 16.6 Å². The molecule has 2 aromatic heterocycles. The molecule has 0 aliphatic heterocycles. The molecule has 0 spiro atoms. The number of fused-ring (bicyclic) bond motifs is 1. The largest absolute Gasteiger partial charge is 0.318 e. The minimum atomic E-state index is -0.447. The molecule has 0 saturated heterocycles. The molecule has 0 bridgehead atoms. The Bertz CT molecular complexity index is 1010. The van der Waals surface area contributed by atoms with Gasteiger partial charge in [-0.15, -0.1) is 5.10 Å². The van der Waals surface area contributed by atoms with Crippen molar-refractivity contribution < 1.29 is 4.79 Å². The molecular weight excluding hydrogens is 326 g/mol. The number of aromatic nitrogens is 3. The predicted molar refractivity (Wildman–Crippen MR) is 92.6 cm³/mol. The highest BCUT2D eigenvalue weighted by Gasteiger charge is 2.09. The van der Waals surface area contributed by atoms with Crippen molar-refractivity contribution in [1.29, 1.82) is 0 Å². The predicted octanol–water partition coefficient (Wildman–Crippen LogP) is 1.45. The van der Waals surface area contributed by atoms with Crippen LogP contribution in [0.1, 0.15) is 23.8 Å². The first-order valence-electron chi connectivity index (χ1n) is 7.57. The molecule has 0 radical (unpaired) electrons. The fraction of sp³-hybridized carbons (Fsp3) is 0.250. The number of nitrogens with zero attached hydrogens (tertiary/aromatic N) is 4. The molecule has 24 heavy (non-hydrogen) atoms. The van der Waals surface area contributed by atoms with Crippen molar-refractivity contribution in [2.45, 2.75) is 19.9 Å². The number of thiazole rings is 1. The molecule has 0 saturated carbocycles. The Kier molecular flexibility index (Phi) is 4.57. The van der Waals surface area contributed by atoms with Gasteiger partial charge in [0.05, 0.1) is 10.2 Å². The Labute approximate surface area is 141 Å². The highest BCUT2D eigenvalue weighted by Crippen LogP contribution is 2.14. The van der Waals surface area contributed by atoms with Gasteiger partial charge in [0.25, 0.3) is 11.5 Å². The van der Waals surface area contributed by atoms with E-state index >= 15 is 0 Å². The summed E-state index contributed by atoms with van der Waals surface area (Å²) in [6.07, 6.45) is 0.764. The third-order valence-electron chi connectivity index (χ3n) is 3.50. The number of carbonyl (C=O) groups excluding carboxylic acids is 1. The molecule has 124 valence electrons. The van der Waals surface area contributed by atoms with Crippen LogP contribution in [0.3, 0.4) is 0 Å². The van der Waals surface area contributed by atoms with Gasteiger partial charge in [0, 0.05) is 19.7 Å². The first kappa shape index (κ1) is 16.1. The van der Waals surface area contributed by atoms with Crippen LogP contribution in [0.4, 0.5) is 0 Å². The summed E-state index contributed by atoms with van der Waals surface area (Å²) in [6, 6.07) is 10.7. The van der Waals surface area contributed by atoms with Crippen LogP contribution in [0.25, 0.3) is 10.2 Å². The number of hydrogen-bond donors (Lipinski definition) is 1. The quantitative estimate of drug-likeness (QED) is 0.728. The van der Waals surface area contributed by atoms with Crippen LogP contribution in [0, 0.1) is 0 Å². The zero-order valence-electron chi connectivity index (χ0n) is 13.4. The van der Waals surface area contributed by atoms with Gasteiger partial charge in [0.2, 0.25) is 4.80 Å². The van der Waals surface area contributed by atoms with Gasteiger partial charge in [-0.25, -0.2) is 10.1 Å². The van der Waals surface area contributed by atoms with Gasteiger partial charge >= 0.3 is 0 Å². The molecule has 1 N–H and O–H groups in total. The van der Waals surface area contributed by atoms with Crippen molar-refractivity contribution in [3.05, 3.63) is 57.2 Å². The van der Waals surface area contributed by atoms with E-state index in [-0.39, 0.29) is 11.3 Å². The van der Waals surface area contributed by atoms with Crippen LogP contribution in [-0.4, -0.2) is 20.3 Å². The molecule has 2 heterocycles.